The third-order valence-corrected chi connectivity index (χ3v) is 3.17. The molecule has 0 saturated carbocycles. The van der Waals surface area contributed by atoms with Crippen LogP contribution in [0, 0.1) is 0 Å². The molecule has 2 heterocycles. The third-order valence-electron chi connectivity index (χ3n) is 3.17. The van der Waals surface area contributed by atoms with Crippen molar-refractivity contribution in [3.05, 3.63) is 29.6 Å². The van der Waals surface area contributed by atoms with Gasteiger partial charge in [0.1, 0.15) is 0 Å². The van der Waals surface area contributed by atoms with Crippen LogP contribution in [0.15, 0.2) is 18.3 Å². The fraction of sp³-hybridized carbons (Fsp3) is 0.462. The smallest absolute Gasteiger partial charge is 0.335 e. The Morgan fingerprint density at radius 2 is 2.30 bits per heavy atom. The van der Waals surface area contributed by atoms with E-state index >= 15 is 0 Å². The second-order valence-electron chi connectivity index (χ2n) is 4.74. The Morgan fingerprint density at radius 1 is 1.50 bits per heavy atom. The summed E-state index contributed by atoms with van der Waals surface area (Å²) in [6.07, 6.45) is 2.42. The molecule has 0 aliphatic carbocycles. The van der Waals surface area contributed by atoms with E-state index in [1.807, 2.05) is 0 Å². The molecule has 0 spiro atoms. The highest BCUT2D eigenvalue weighted by atomic mass is 16.4. The number of amides is 2. The quantitative estimate of drug-likeness (QED) is 0.745. The number of carboxylic acids is 1. The van der Waals surface area contributed by atoms with Crippen molar-refractivity contribution in [2.45, 2.75) is 25.5 Å². The van der Waals surface area contributed by atoms with E-state index in [9.17, 15) is 14.7 Å². The zero-order chi connectivity index (χ0) is 14.5. The van der Waals surface area contributed by atoms with Crippen molar-refractivity contribution in [3.63, 3.8) is 0 Å². The van der Waals surface area contributed by atoms with Gasteiger partial charge in [-0.15, -0.1) is 0 Å². The molecule has 1 aliphatic heterocycles. The van der Waals surface area contributed by atoms with E-state index in [0.717, 1.165) is 6.42 Å². The number of pyridine rings is 1. The molecule has 1 aromatic heterocycles. The predicted molar refractivity (Wildman–Crippen MR) is 70.2 cm³/mol. The number of aliphatic hydroxyl groups is 1. The molecule has 20 heavy (non-hydrogen) atoms. The van der Waals surface area contributed by atoms with E-state index in [1.54, 1.807) is 4.90 Å². The SMILES string of the molecule is O=C(O)c1ccnc(CNC(=O)N2CCCC(O)C2)c1. The van der Waals surface area contributed by atoms with Crippen LogP contribution in [0.2, 0.25) is 0 Å². The molecular weight excluding hydrogens is 262 g/mol. The Bertz CT molecular complexity index is 506. The van der Waals surface area contributed by atoms with Gasteiger partial charge in [0.2, 0.25) is 0 Å². The van der Waals surface area contributed by atoms with Crippen molar-refractivity contribution in [3.8, 4) is 0 Å². The van der Waals surface area contributed by atoms with E-state index < -0.39 is 12.1 Å². The van der Waals surface area contributed by atoms with Gasteiger partial charge in [0.15, 0.2) is 0 Å². The Labute approximate surface area is 116 Å². The Hall–Kier alpha value is -2.15. The molecule has 2 amide bonds. The van der Waals surface area contributed by atoms with Crippen molar-refractivity contribution in [2.24, 2.45) is 0 Å². The number of rotatable bonds is 3. The lowest BCUT2D eigenvalue weighted by Gasteiger charge is -2.30. The number of nitrogens with one attached hydrogen (secondary N) is 1. The number of aromatic nitrogens is 1. The first-order chi connectivity index (χ1) is 9.56. The monoisotopic (exact) mass is 279 g/mol. The van der Waals surface area contributed by atoms with Crippen LogP contribution >= 0.6 is 0 Å². The topological polar surface area (TPSA) is 103 Å². The number of β-amino-alcohol motifs (C(OH)–C–C–N with tert-alkyl or cyclic N) is 1. The average Bonchev–Trinajstić information content (AvgIpc) is 2.45. The first-order valence-electron chi connectivity index (χ1n) is 6.45. The number of carboxylic acid groups (broad SMARTS) is 1. The van der Waals surface area contributed by atoms with Crippen molar-refractivity contribution in [1.29, 1.82) is 0 Å². The molecule has 2 rings (SSSR count). The second-order valence-corrected chi connectivity index (χ2v) is 4.74. The number of hydrogen-bond donors (Lipinski definition) is 3. The van der Waals surface area contributed by atoms with Crippen molar-refractivity contribution < 1.29 is 19.8 Å². The van der Waals surface area contributed by atoms with E-state index in [1.165, 1.54) is 18.3 Å². The molecule has 1 unspecified atom stereocenters. The maximum atomic E-state index is 11.9. The zero-order valence-electron chi connectivity index (χ0n) is 11.0. The fourth-order valence-electron chi connectivity index (χ4n) is 2.13. The van der Waals surface area contributed by atoms with Crippen molar-refractivity contribution in [1.82, 2.24) is 15.2 Å². The normalized spacial score (nSPS) is 18.6. The Morgan fingerprint density at radius 3 is 3.00 bits per heavy atom. The van der Waals surface area contributed by atoms with Gasteiger partial charge < -0.3 is 20.4 Å². The molecular formula is C13H17N3O4. The first-order valence-corrected chi connectivity index (χ1v) is 6.45. The molecule has 1 aromatic rings. The lowest BCUT2D eigenvalue weighted by atomic mass is 10.1. The number of hydrogen-bond acceptors (Lipinski definition) is 4. The van der Waals surface area contributed by atoms with Gasteiger partial charge in [-0.25, -0.2) is 9.59 Å². The van der Waals surface area contributed by atoms with Crippen molar-refractivity contribution in [2.75, 3.05) is 13.1 Å². The van der Waals surface area contributed by atoms with Crippen LogP contribution in [-0.4, -0.2) is 51.3 Å². The number of carbonyl (C=O) groups is 2. The van der Waals surface area contributed by atoms with Gasteiger partial charge in [-0.1, -0.05) is 0 Å². The Balaban J connectivity index is 1.89. The lowest BCUT2D eigenvalue weighted by Crippen LogP contribution is -2.46. The number of aromatic carboxylic acids is 1. The van der Waals surface area contributed by atoms with Crippen LogP contribution in [0.3, 0.4) is 0 Å². The third kappa shape index (κ3) is 3.67. The van der Waals surface area contributed by atoms with E-state index in [-0.39, 0.29) is 18.1 Å². The number of nitrogens with zero attached hydrogens (tertiary/aromatic N) is 2. The average molecular weight is 279 g/mol. The van der Waals surface area contributed by atoms with E-state index in [2.05, 4.69) is 10.3 Å². The minimum atomic E-state index is -1.03. The number of piperidine rings is 1. The summed E-state index contributed by atoms with van der Waals surface area (Å²) in [5.74, 6) is -1.03. The minimum Gasteiger partial charge on any atom is -0.478 e. The highest BCUT2D eigenvalue weighted by molar-refractivity contribution is 5.87. The maximum absolute atomic E-state index is 11.9. The van der Waals surface area contributed by atoms with Gasteiger partial charge in [-0.2, -0.15) is 0 Å². The second kappa shape index (κ2) is 6.33. The van der Waals surface area contributed by atoms with Gasteiger partial charge >= 0.3 is 12.0 Å². The molecule has 1 aliphatic rings. The molecule has 3 N–H and O–H groups in total. The molecule has 0 aromatic carbocycles. The zero-order valence-corrected chi connectivity index (χ0v) is 11.0. The van der Waals surface area contributed by atoms with Gasteiger partial charge in [-0.3, -0.25) is 4.98 Å². The molecule has 108 valence electrons. The highest BCUT2D eigenvalue weighted by Crippen LogP contribution is 2.10. The predicted octanol–water partition coefficient (Wildman–Crippen LogP) is 0.446. The molecule has 7 nitrogen and oxygen atoms in total. The first kappa shape index (κ1) is 14.3. The van der Waals surface area contributed by atoms with Crippen molar-refractivity contribution >= 4 is 12.0 Å². The number of aliphatic hydroxyl groups excluding tert-OH is 1. The minimum absolute atomic E-state index is 0.137. The number of urea groups is 1. The summed E-state index contributed by atoms with van der Waals surface area (Å²) in [5, 5.41) is 21.1. The van der Waals surface area contributed by atoms with Gasteiger partial charge in [0, 0.05) is 19.3 Å². The van der Waals surface area contributed by atoms with Gasteiger partial charge in [0.25, 0.3) is 0 Å². The summed E-state index contributed by atoms with van der Waals surface area (Å²) in [6.45, 7) is 1.10. The molecule has 1 saturated heterocycles. The summed E-state index contributed by atoms with van der Waals surface area (Å²) >= 11 is 0. The largest absolute Gasteiger partial charge is 0.478 e. The van der Waals surface area contributed by atoms with Gasteiger partial charge in [0.05, 0.1) is 23.9 Å². The summed E-state index contributed by atoms with van der Waals surface area (Å²) in [4.78, 5) is 28.3. The van der Waals surface area contributed by atoms with Gasteiger partial charge in [-0.05, 0) is 25.0 Å². The van der Waals surface area contributed by atoms with Crippen LogP contribution in [-0.2, 0) is 6.54 Å². The van der Waals surface area contributed by atoms with E-state index in [0.29, 0.717) is 25.2 Å². The van der Waals surface area contributed by atoms with Crippen LogP contribution in [0.1, 0.15) is 28.9 Å². The molecule has 0 bridgehead atoms. The summed E-state index contributed by atoms with van der Waals surface area (Å²) in [7, 11) is 0. The molecule has 1 atom stereocenters. The number of carbonyl (C=O) groups excluding carboxylic acids is 1. The number of likely N-dealkylation sites (tertiary alicyclic amines) is 1. The summed E-state index contributed by atoms with van der Waals surface area (Å²) < 4.78 is 0. The van der Waals surface area contributed by atoms with Crippen LogP contribution in [0.4, 0.5) is 4.79 Å². The standard InChI is InChI=1S/C13H17N3O4/c17-11-2-1-5-16(8-11)13(20)15-7-10-6-9(12(18)19)3-4-14-10/h3-4,6,11,17H,1-2,5,7-8H2,(H,15,20)(H,18,19). The summed E-state index contributed by atoms with van der Waals surface area (Å²) in [6, 6.07) is 2.55. The maximum Gasteiger partial charge on any atom is 0.335 e. The highest BCUT2D eigenvalue weighted by Gasteiger charge is 2.21. The summed E-state index contributed by atoms with van der Waals surface area (Å²) in [5.41, 5.74) is 0.619. The van der Waals surface area contributed by atoms with E-state index in [4.69, 9.17) is 5.11 Å². The fourth-order valence-corrected chi connectivity index (χ4v) is 2.13. The van der Waals surface area contributed by atoms with Crippen LogP contribution in [0.25, 0.3) is 0 Å². The molecule has 0 radical (unpaired) electrons. The molecule has 7 heteroatoms. The van der Waals surface area contributed by atoms with Crippen LogP contribution < -0.4 is 5.32 Å². The van der Waals surface area contributed by atoms with Crippen LogP contribution in [0.5, 0.6) is 0 Å². The Kier molecular flexibility index (Phi) is 4.52. The lowest BCUT2D eigenvalue weighted by molar-refractivity contribution is 0.0696. The molecule has 1 fully saturated rings.